The van der Waals surface area contributed by atoms with Crippen LogP contribution in [0.4, 0.5) is 8.78 Å². The molecule has 1 unspecified atom stereocenters. The van der Waals surface area contributed by atoms with Crippen molar-refractivity contribution in [2.24, 2.45) is 34.0 Å². The Morgan fingerprint density at radius 2 is 1.83 bits per heavy atom. The molecule has 0 bridgehead atoms. The van der Waals surface area contributed by atoms with Crippen LogP contribution in [0.25, 0.3) is 0 Å². The molecule has 8 nitrogen and oxygen atoms in total. The third-order valence-electron chi connectivity index (χ3n) is 11.7. The Labute approximate surface area is 243 Å². The summed E-state index contributed by atoms with van der Waals surface area (Å²) in [6.45, 7) is 2.80. The van der Waals surface area contributed by atoms with E-state index in [9.17, 15) is 29.7 Å². The standard InChI is InChI=1S/C32H37F2NO7/c1-29-9-8-18(37)12-22(29)24(33)14-21-20-13-23-27(28(40)41)35(10-11-42-19-6-4-3-5-7-19)17-31(23,26(39)16-36)30(20,2)15-25(38)32(21,29)34/h3-9,12,20-21,23-25,27,36,38H,10-11,13-17H2,1-2H3,(H,40,41)/t20-,21-,23-,24-,25-,27?,29-,30-,31+,32-/m0/s1. The molecule has 10 atom stereocenters. The van der Waals surface area contributed by atoms with Gasteiger partial charge in [-0.1, -0.05) is 31.2 Å². The van der Waals surface area contributed by atoms with E-state index in [-0.39, 0.29) is 44.5 Å². The number of halogens is 2. The average Bonchev–Trinajstić information content (AvgIpc) is 3.41. The van der Waals surface area contributed by atoms with Crippen molar-refractivity contribution in [1.82, 2.24) is 4.90 Å². The van der Waals surface area contributed by atoms with Gasteiger partial charge in [-0.25, -0.2) is 8.78 Å². The highest BCUT2D eigenvalue weighted by atomic mass is 19.1. The number of likely N-dealkylation sites (tertiary alicyclic amines) is 1. The van der Waals surface area contributed by atoms with E-state index in [4.69, 9.17) is 4.74 Å². The van der Waals surface area contributed by atoms with Crippen LogP contribution in [0, 0.1) is 34.0 Å². The molecular formula is C32H37F2NO7. The van der Waals surface area contributed by atoms with Gasteiger partial charge in [0, 0.05) is 24.4 Å². The largest absolute Gasteiger partial charge is 0.492 e. The Morgan fingerprint density at radius 1 is 1.12 bits per heavy atom. The minimum absolute atomic E-state index is 0.00347. The van der Waals surface area contributed by atoms with Crippen molar-refractivity contribution in [3.05, 3.63) is 54.1 Å². The zero-order valence-electron chi connectivity index (χ0n) is 23.7. The van der Waals surface area contributed by atoms with Crippen LogP contribution in [0.3, 0.4) is 0 Å². The Morgan fingerprint density at radius 3 is 2.50 bits per heavy atom. The highest BCUT2D eigenvalue weighted by Crippen LogP contribution is 2.75. The highest BCUT2D eigenvalue weighted by molar-refractivity contribution is 6.01. The number of para-hydroxylation sites is 1. The summed E-state index contributed by atoms with van der Waals surface area (Å²) in [7, 11) is 0. The summed E-state index contributed by atoms with van der Waals surface area (Å²) in [5.74, 6) is -3.98. The molecule has 226 valence electrons. The second-order valence-corrected chi connectivity index (χ2v) is 13.2. The molecule has 4 aliphatic carbocycles. The number of alkyl halides is 2. The van der Waals surface area contributed by atoms with Gasteiger partial charge >= 0.3 is 5.97 Å². The zero-order chi connectivity index (χ0) is 30.2. The maximum atomic E-state index is 17.6. The van der Waals surface area contributed by atoms with Crippen LogP contribution < -0.4 is 4.74 Å². The predicted octanol–water partition coefficient (Wildman–Crippen LogP) is 2.93. The van der Waals surface area contributed by atoms with Crippen LogP contribution in [0.2, 0.25) is 0 Å². The van der Waals surface area contributed by atoms with Crippen molar-refractivity contribution >= 4 is 17.5 Å². The molecule has 1 saturated heterocycles. The van der Waals surface area contributed by atoms with Gasteiger partial charge in [0.15, 0.2) is 17.2 Å². The molecule has 4 fully saturated rings. The Balaban J connectivity index is 1.39. The Hall–Kier alpha value is -2.95. The number of nitrogens with zero attached hydrogens (tertiary/aromatic N) is 1. The Bertz CT molecular complexity index is 1370. The molecule has 5 aliphatic rings. The van der Waals surface area contributed by atoms with Crippen LogP contribution in [-0.2, 0) is 14.4 Å². The van der Waals surface area contributed by atoms with Crippen molar-refractivity contribution in [1.29, 1.82) is 0 Å². The predicted molar refractivity (Wildman–Crippen MR) is 147 cm³/mol. The summed E-state index contributed by atoms with van der Waals surface area (Å²) < 4.78 is 39.2. The molecule has 42 heavy (non-hydrogen) atoms. The molecule has 3 saturated carbocycles. The number of aliphatic carboxylic acids is 1. The van der Waals surface area contributed by atoms with Crippen molar-refractivity contribution in [3.63, 3.8) is 0 Å². The fraction of sp³-hybridized carbons (Fsp3) is 0.594. The number of ether oxygens (including phenoxy) is 1. The number of hydrogen-bond donors (Lipinski definition) is 3. The number of carboxylic acids is 1. The summed E-state index contributed by atoms with van der Waals surface area (Å²) in [5.41, 5.74) is -6.43. The van der Waals surface area contributed by atoms with E-state index in [0.29, 0.717) is 5.75 Å². The van der Waals surface area contributed by atoms with E-state index in [1.807, 2.05) is 18.2 Å². The molecular weight excluding hydrogens is 548 g/mol. The fourth-order valence-corrected chi connectivity index (χ4v) is 9.87. The lowest BCUT2D eigenvalue weighted by molar-refractivity contribution is -0.212. The second-order valence-electron chi connectivity index (χ2n) is 13.2. The number of rotatable bonds is 7. The smallest absolute Gasteiger partial charge is 0.321 e. The number of Topliss-reactive ketones (excluding diaryl/α,β-unsaturated/α-hetero) is 1. The van der Waals surface area contributed by atoms with Gasteiger partial charge in [-0.15, -0.1) is 0 Å². The molecule has 1 heterocycles. The molecule has 0 amide bonds. The SMILES string of the molecule is C[C@]12C=CC(=O)C=C1[C@@H](F)C[C@H]1[C@@H]3C[C@H]4C(C(=O)O)N(CCOc5ccccc5)C[C@@]4(C(=O)CO)[C@@]3(C)C[C@H](O)[C@@]12F. The first-order valence-corrected chi connectivity index (χ1v) is 14.6. The summed E-state index contributed by atoms with van der Waals surface area (Å²) in [4.78, 5) is 40.4. The lowest BCUT2D eigenvalue weighted by atomic mass is 9.43. The number of aliphatic hydroxyl groups is 2. The normalized spacial score (nSPS) is 44.0. The number of benzene rings is 1. The number of carbonyl (C=O) groups is 3. The van der Waals surface area contributed by atoms with Gasteiger partial charge in [0.1, 0.15) is 31.2 Å². The van der Waals surface area contributed by atoms with Crippen LogP contribution in [0.15, 0.2) is 54.1 Å². The molecule has 1 aromatic carbocycles. The van der Waals surface area contributed by atoms with Crippen molar-refractivity contribution in [2.75, 3.05) is 26.3 Å². The highest BCUT2D eigenvalue weighted by Gasteiger charge is 2.79. The quantitative estimate of drug-likeness (QED) is 0.447. The molecule has 0 spiro atoms. The number of ketones is 2. The van der Waals surface area contributed by atoms with Crippen LogP contribution in [0.1, 0.15) is 33.1 Å². The number of aliphatic hydroxyl groups excluding tert-OH is 2. The third kappa shape index (κ3) is 3.64. The second kappa shape index (κ2) is 9.79. The number of carboxylic acid groups (broad SMARTS) is 1. The molecule has 1 aromatic rings. The number of allylic oxidation sites excluding steroid dienone is 4. The molecule has 6 rings (SSSR count). The minimum atomic E-state index is -2.34. The van der Waals surface area contributed by atoms with Gasteiger partial charge in [-0.3, -0.25) is 19.3 Å². The van der Waals surface area contributed by atoms with Gasteiger partial charge in [0.05, 0.1) is 11.5 Å². The molecule has 0 aromatic heterocycles. The molecule has 3 N–H and O–H groups in total. The van der Waals surface area contributed by atoms with Crippen molar-refractivity contribution in [3.8, 4) is 5.75 Å². The summed E-state index contributed by atoms with van der Waals surface area (Å²) in [6, 6.07) is 7.93. The first-order chi connectivity index (χ1) is 19.8. The van der Waals surface area contributed by atoms with Crippen molar-refractivity contribution < 1.29 is 43.2 Å². The topological polar surface area (TPSA) is 124 Å². The van der Waals surface area contributed by atoms with Gasteiger partial charge in [0.2, 0.25) is 0 Å². The summed E-state index contributed by atoms with van der Waals surface area (Å²) in [5, 5.41) is 32.3. The van der Waals surface area contributed by atoms with Crippen LogP contribution in [0.5, 0.6) is 5.75 Å². The first kappa shape index (κ1) is 29.1. The average molecular weight is 586 g/mol. The van der Waals surface area contributed by atoms with E-state index in [2.05, 4.69) is 0 Å². The fourth-order valence-electron chi connectivity index (χ4n) is 9.87. The Kier molecular flexibility index (Phi) is 6.79. The molecule has 1 aliphatic heterocycles. The van der Waals surface area contributed by atoms with E-state index < -0.39 is 82.1 Å². The van der Waals surface area contributed by atoms with Crippen LogP contribution in [-0.4, -0.2) is 88.0 Å². The first-order valence-electron chi connectivity index (χ1n) is 14.6. The van der Waals surface area contributed by atoms with E-state index in [1.54, 1.807) is 24.0 Å². The van der Waals surface area contributed by atoms with E-state index >= 15 is 8.78 Å². The van der Waals surface area contributed by atoms with Gasteiger partial charge in [-0.2, -0.15) is 0 Å². The lowest BCUT2D eigenvalue weighted by Crippen LogP contribution is -2.69. The van der Waals surface area contributed by atoms with Gasteiger partial charge < -0.3 is 20.1 Å². The van der Waals surface area contributed by atoms with Gasteiger partial charge in [-0.05, 0) is 73.3 Å². The third-order valence-corrected chi connectivity index (χ3v) is 11.7. The van der Waals surface area contributed by atoms with Crippen molar-refractivity contribution in [2.45, 2.75) is 57.1 Å². The minimum Gasteiger partial charge on any atom is -0.492 e. The lowest BCUT2D eigenvalue weighted by Gasteiger charge is -2.63. The number of fused-ring (bicyclic) bond motifs is 7. The number of hydrogen-bond acceptors (Lipinski definition) is 7. The maximum Gasteiger partial charge on any atom is 0.321 e. The summed E-state index contributed by atoms with van der Waals surface area (Å²) >= 11 is 0. The van der Waals surface area contributed by atoms with E-state index in [1.165, 1.54) is 19.1 Å². The molecule has 0 radical (unpaired) electrons. The van der Waals surface area contributed by atoms with Crippen LogP contribution >= 0.6 is 0 Å². The number of carbonyl (C=O) groups excluding carboxylic acids is 2. The van der Waals surface area contributed by atoms with E-state index in [0.717, 1.165) is 6.08 Å². The maximum absolute atomic E-state index is 17.6. The van der Waals surface area contributed by atoms with Gasteiger partial charge in [0.25, 0.3) is 0 Å². The summed E-state index contributed by atoms with van der Waals surface area (Å²) in [6.07, 6.45) is 0.0860. The molecule has 10 heteroatoms. The zero-order valence-corrected chi connectivity index (χ0v) is 23.7. The monoisotopic (exact) mass is 585 g/mol.